The van der Waals surface area contributed by atoms with Crippen molar-refractivity contribution in [1.82, 2.24) is 10.2 Å². The molecular formula is C20H29ClN2O. The van der Waals surface area contributed by atoms with Gasteiger partial charge in [-0.05, 0) is 24.5 Å². The fourth-order valence-corrected chi connectivity index (χ4v) is 2.81. The molecule has 0 aromatic heterocycles. The van der Waals surface area contributed by atoms with Crippen molar-refractivity contribution >= 4 is 17.4 Å². The number of nitrogens with one attached hydrogen (secondary N) is 1. The van der Waals surface area contributed by atoms with Gasteiger partial charge in [0.25, 0.3) is 0 Å². The van der Waals surface area contributed by atoms with Gasteiger partial charge in [-0.2, -0.15) is 0 Å². The fraction of sp³-hybridized carbons (Fsp3) is 0.450. The molecule has 1 aliphatic rings. The summed E-state index contributed by atoms with van der Waals surface area (Å²) < 4.78 is 0. The third kappa shape index (κ3) is 6.50. The monoisotopic (exact) mass is 348 g/mol. The lowest BCUT2D eigenvalue weighted by Gasteiger charge is -2.32. The number of nitrogens with zero attached hydrogens (tertiary/aromatic N) is 1. The highest BCUT2D eigenvalue weighted by molar-refractivity contribution is 6.31. The molecule has 0 aliphatic carbocycles. The Labute approximate surface area is 151 Å². The maximum atomic E-state index is 11.4. The number of hydrogen-bond donors (Lipinski definition) is 1. The molecule has 1 aromatic rings. The number of halogens is 1. The molecule has 4 heteroatoms. The van der Waals surface area contributed by atoms with Crippen LogP contribution in [0.5, 0.6) is 0 Å². The number of piperazine rings is 1. The second kappa shape index (κ2) is 11.1. The van der Waals surface area contributed by atoms with Gasteiger partial charge in [-0.1, -0.05) is 62.7 Å². The van der Waals surface area contributed by atoms with Crippen LogP contribution in [0.15, 0.2) is 48.3 Å². The molecule has 0 atom stereocenters. The van der Waals surface area contributed by atoms with Gasteiger partial charge in [-0.15, -0.1) is 0 Å². The highest BCUT2D eigenvalue weighted by Crippen LogP contribution is 2.16. The van der Waals surface area contributed by atoms with Crippen molar-refractivity contribution in [3.63, 3.8) is 0 Å². The zero-order chi connectivity index (χ0) is 17.9. The third-order valence-electron chi connectivity index (χ3n) is 3.75. The molecule has 0 amide bonds. The van der Waals surface area contributed by atoms with Crippen molar-refractivity contribution in [2.45, 2.75) is 40.0 Å². The van der Waals surface area contributed by atoms with Crippen molar-refractivity contribution in [2.24, 2.45) is 0 Å². The first-order valence-corrected chi connectivity index (χ1v) is 8.99. The molecule has 132 valence electrons. The Balaban J connectivity index is 0.000000254. The molecule has 0 radical (unpaired) electrons. The highest BCUT2D eigenvalue weighted by atomic mass is 35.5. The van der Waals surface area contributed by atoms with Crippen molar-refractivity contribution in [1.29, 1.82) is 0 Å². The Kier molecular flexibility index (Phi) is 9.43. The molecule has 2 rings (SSSR count). The number of carbonyl (C=O) groups excluding carboxylic acids is 1. The molecular weight excluding hydrogens is 320 g/mol. The van der Waals surface area contributed by atoms with Crippen LogP contribution in [0, 0.1) is 0 Å². The molecule has 1 N–H and O–H groups in total. The summed E-state index contributed by atoms with van der Waals surface area (Å²) >= 11 is 5.90. The molecule has 1 aliphatic heterocycles. The first kappa shape index (κ1) is 20.5. The van der Waals surface area contributed by atoms with E-state index in [1.54, 1.807) is 6.92 Å². The Morgan fingerprint density at radius 2 is 2.08 bits per heavy atom. The largest absolute Gasteiger partial charge is 0.341 e. The van der Waals surface area contributed by atoms with Crippen LogP contribution in [-0.4, -0.2) is 30.3 Å². The smallest absolute Gasteiger partial charge is 0.175 e. The SMILES string of the molecule is C=C1CNCCN1/C(=C\CC)C(C)=O.CCCc1ccccc1Cl. The second-order valence-corrected chi connectivity index (χ2v) is 6.20. The summed E-state index contributed by atoms with van der Waals surface area (Å²) in [5.41, 5.74) is 3.02. The minimum absolute atomic E-state index is 0.120. The molecule has 1 fully saturated rings. The first-order valence-electron chi connectivity index (χ1n) is 8.61. The number of carbonyl (C=O) groups is 1. The minimum atomic E-state index is 0.120. The van der Waals surface area contributed by atoms with E-state index in [0.29, 0.717) is 0 Å². The van der Waals surface area contributed by atoms with E-state index in [-0.39, 0.29) is 5.78 Å². The lowest BCUT2D eigenvalue weighted by atomic mass is 10.1. The van der Waals surface area contributed by atoms with Gasteiger partial charge < -0.3 is 10.2 Å². The summed E-state index contributed by atoms with van der Waals surface area (Å²) in [5, 5.41) is 4.11. The van der Waals surface area contributed by atoms with Crippen LogP contribution in [0.4, 0.5) is 0 Å². The summed E-state index contributed by atoms with van der Waals surface area (Å²) in [7, 11) is 0. The molecule has 0 saturated carbocycles. The van der Waals surface area contributed by atoms with Crippen LogP contribution in [0.1, 0.15) is 39.2 Å². The zero-order valence-electron chi connectivity index (χ0n) is 15.1. The Morgan fingerprint density at radius 3 is 2.62 bits per heavy atom. The van der Waals surface area contributed by atoms with Crippen LogP contribution < -0.4 is 5.32 Å². The van der Waals surface area contributed by atoms with E-state index in [9.17, 15) is 4.79 Å². The van der Waals surface area contributed by atoms with Crippen molar-refractivity contribution < 1.29 is 4.79 Å². The predicted octanol–water partition coefficient (Wildman–Crippen LogP) is 4.58. The summed E-state index contributed by atoms with van der Waals surface area (Å²) in [6, 6.07) is 8.00. The quantitative estimate of drug-likeness (QED) is 0.790. The summed E-state index contributed by atoms with van der Waals surface area (Å²) in [6.45, 7) is 12.3. The molecule has 1 aromatic carbocycles. The van der Waals surface area contributed by atoms with Crippen molar-refractivity contribution in [3.05, 3.63) is 58.9 Å². The highest BCUT2D eigenvalue weighted by Gasteiger charge is 2.18. The van der Waals surface area contributed by atoms with Gasteiger partial charge in [-0.25, -0.2) is 0 Å². The van der Waals surface area contributed by atoms with Gasteiger partial charge in [0.2, 0.25) is 0 Å². The molecule has 0 unspecified atom stereocenters. The zero-order valence-corrected chi connectivity index (χ0v) is 15.8. The molecule has 1 saturated heterocycles. The van der Waals surface area contributed by atoms with Gasteiger partial charge in [0, 0.05) is 37.3 Å². The maximum Gasteiger partial charge on any atom is 0.175 e. The number of rotatable bonds is 5. The Bertz CT molecular complexity index is 581. The lowest BCUT2D eigenvalue weighted by molar-refractivity contribution is -0.114. The van der Waals surface area contributed by atoms with Gasteiger partial charge >= 0.3 is 0 Å². The van der Waals surface area contributed by atoms with E-state index in [1.165, 1.54) is 5.56 Å². The van der Waals surface area contributed by atoms with Crippen LogP contribution in [0.25, 0.3) is 0 Å². The topological polar surface area (TPSA) is 32.3 Å². The minimum Gasteiger partial charge on any atom is -0.341 e. The number of benzene rings is 1. The van der Waals surface area contributed by atoms with Crippen LogP contribution in [-0.2, 0) is 11.2 Å². The Hall–Kier alpha value is -1.58. The van der Waals surface area contributed by atoms with Gasteiger partial charge in [0.05, 0.1) is 5.70 Å². The van der Waals surface area contributed by atoms with Gasteiger partial charge in [-0.3, -0.25) is 4.79 Å². The first-order chi connectivity index (χ1) is 11.5. The third-order valence-corrected chi connectivity index (χ3v) is 4.12. The lowest BCUT2D eigenvalue weighted by Crippen LogP contribution is -2.42. The number of Topliss-reactive ketones (excluding diaryl/α,β-unsaturated/α-hetero) is 1. The number of allylic oxidation sites excluding steroid dienone is 2. The van der Waals surface area contributed by atoms with E-state index in [0.717, 1.165) is 55.3 Å². The second-order valence-electron chi connectivity index (χ2n) is 5.79. The van der Waals surface area contributed by atoms with E-state index in [2.05, 4.69) is 24.9 Å². The number of aryl methyl sites for hydroxylation is 1. The number of hydrogen-bond acceptors (Lipinski definition) is 3. The van der Waals surface area contributed by atoms with Crippen molar-refractivity contribution in [2.75, 3.05) is 19.6 Å². The molecule has 3 nitrogen and oxygen atoms in total. The van der Waals surface area contributed by atoms with E-state index < -0.39 is 0 Å². The standard InChI is InChI=1S/C11H18N2O.C9H11Cl/c1-4-5-11(10(3)14)13-7-6-12-8-9(13)2;1-2-5-8-6-3-4-7-9(8)10/h5,12H,2,4,6-8H2,1,3H3;3-4,6-7H,2,5H2,1H3/b11-5-;. The van der Waals surface area contributed by atoms with E-state index in [4.69, 9.17) is 11.6 Å². The molecule has 0 bridgehead atoms. The predicted molar refractivity (Wildman–Crippen MR) is 103 cm³/mol. The summed E-state index contributed by atoms with van der Waals surface area (Å²) in [4.78, 5) is 13.4. The average Bonchev–Trinajstić information content (AvgIpc) is 2.56. The van der Waals surface area contributed by atoms with E-state index in [1.807, 2.05) is 36.1 Å². The van der Waals surface area contributed by atoms with Crippen LogP contribution in [0.2, 0.25) is 5.02 Å². The van der Waals surface area contributed by atoms with Gasteiger partial charge in [0.15, 0.2) is 5.78 Å². The van der Waals surface area contributed by atoms with Crippen LogP contribution in [0.3, 0.4) is 0 Å². The van der Waals surface area contributed by atoms with Gasteiger partial charge in [0.1, 0.15) is 0 Å². The number of ketones is 1. The molecule has 0 spiro atoms. The van der Waals surface area contributed by atoms with E-state index >= 15 is 0 Å². The van der Waals surface area contributed by atoms with Crippen LogP contribution >= 0.6 is 11.6 Å². The fourth-order valence-electron chi connectivity index (χ4n) is 2.58. The average molecular weight is 349 g/mol. The normalized spacial score (nSPS) is 14.9. The maximum absolute atomic E-state index is 11.4. The Morgan fingerprint density at radius 1 is 1.38 bits per heavy atom. The summed E-state index contributed by atoms with van der Waals surface area (Å²) in [6.07, 6.45) is 5.09. The van der Waals surface area contributed by atoms with Crippen molar-refractivity contribution in [3.8, 4) is 0 Å². The summed E-state index contributed by atoms with van der Waals surface area (Å²) in [5.74, 6) is 0.120. The molecule has 24 heavy (non-hydrogen) atoms. The molecule has 1 heterocycles.